The molecule has 1 aliphatic heterocycles. The molecule has 1 saturated carbocycles. The molecule has 0 atom stereocenters. The quantitative estimate of drug-likeness (QED) is 0.778. The fourth-order valence-electron chi connectivity index (χ4n) is 3.42. The standard InChI is InChI=1S/C16H19ClF2N2O/c17-13-10-15(19)14(18)9-12(13)16(22)21-7-5-20(6-8-21)11-3-1-2-4-11/h9-11H,1-8H2. The lowest BCUT2D eigenvalue weighted by Gasteiger charge is -2.38. The lowest BCUT2D eigenvalue weighted by molar-refractivity contribution is 0.0573. The summed E-state index contributed by atoms with van der Waals surface area (Å²) in [5, 5.41) is -0.0397. The maximum absolute atomic E-state index is 13.3. The summed E-state index contributed by atoms with van der Waals surface area (Å²) in [7, 11) is 0. The normalized spacial score (nSPS) is 20.6. The van der Waals surface area contributed by atoms with Crippen LogP contribution in [0.1, 0.15) is 36.0 Å². The van der Waals surface area contributed by atoms with E-state index in [4.69, 9.17) is 11.6 Å². The molecule has 0 aromatic heterocycles. The van der Waals surface area contributed by atoms with E-state index in [-0.39, 0.29) is 16.5 Å². The predicted molar refractivity (Wildman–Crippen MR) is 81.1 cm³/mol. The van der Waals surface area contributed by atoms with E-state index in [1.807, 2.05) is 0 Å². The van der Waals surface area contributed by atoms with Crippen LogP contribution in [0.15, 0.2) is 12.1 Å². The SMILES string of the molecule is O=C(c1cc(F)c(F)cc1Cl)N1CCN(C2CCCC2)CC1. The van der Waals surface area contributed by atoms with Crippen LogP contribution in [-0.4, -0.2) is 47.9 Å². The second-order valence-electron chi connectivity index (χ2n) is 6.01. The molecule has 3 nitrogen and oxygen atoms in total. The maximum Gasteiger partial charge on any atom is 0.255 e. The van der Waals surface area contributed by atoms with E-state index in [9.17, 15) is 13.6 Å². The highest BCUT2D eigenvalue weighted by Gasteiger charge is 2.29. The van der Waals surface area contributed by atoms with Gasteiger partial charge in [-0.25, -0.2) is 8.78 Å². The van der Waals surface area contributed by atoms with Crippen molar-refractivity contribution in [2.75, 3.05) is 26.2 Å². The van der Waals surface area contributed by atoms with Crippen molar-refractivity contribution in [1.82, 2.24) is 9.80 Å². The summed E-state index contributed by atoms with van der Waals surface area (Å²) in [6.45, 7) is 2.87. The van der Waals surface area contributed by atoms with E-state index in [0.29, 0.717) is 19.1 Å². The molecule has 3 rings (SSSR count). The molecular formula is C16H19ClF2N2O. The van der Waals surface area contributed by atoms with Gasteiger partial charge in [-0.1, -0.05) is 24.4 Å². The molecule has 2 fully saturated rings. The summed E-state index contributed by atoms with van der Waals surface area (Å²) in [5.41, 5.74) is 0.0369. The lowest BCUT2D eigenvalue weighted by atomic mass is 10.1. The summed E-state index contributed by atoms with van der Waals surface area (Å²) >= 11 is 5.88. The average molecular weight is 329 g/mol. The van der Waals surface area contributed by atoms with Crippen LogP contribution < -0.4 is 0 Å². The summed E-state index contributed by atoms with van der Waals surface area (Å²) in [4.78, 5) is 16.6. The van der Waals surface area contributed by atoms with Crippen molar-refractivity contribution in [2.24, 2.45) is 0 Å². The van der Waals surface area contributed by atoms with Gasteiger partial charge in [0.25, 0.3) is 5.91 Å². The Labute approximate surface area is 133 Å². The van der Waals surface area contributed by atoms with Gasteiger partial charge >= 0.3 is 0 Å². The van der Waals surface area contributed by atoms with Gasteiger partial charge in [-0.3, -0.25) is 9.69 Å². The number of rotatable bonds is 2. The van der Waals surface area contributed by atoms with E-state index in [2.05, 4.69) is 4.90 Å². The Balaban J connectivity index is 1.65. The first-order chi connectivity index (χ1) is 10.6. The van der Waals surface area contributed by atoms with Crippen LogP contribution in [0.3, 0.4) is 0 Å². The number of amides is 1. The third-order valence-electron chi connectivity index (χ3n) is 4.68. The third kappa shape index (κ3) is 3.10. The molecule has 1 amide bonds. The second kappa shape index (κ2) is 6.50. The zero-order valence-electron chi connectivity index (χ0n) is 12.3. The Kier molecular flexibility index (Phi) is 4.64. The first-order valence-electron chi connectivity index (χ1n) is 7.74. The van der Waals surface area contributed by atoms with E-state index >= 15 is 0 Å². The largest absolute Gasteiger partial charge is 0.336 e. The van der Waals surface area contributed by atoms with Crippen molar-refractivity contribution < 1.29 is 13.6 Å². The van der Waals surface area contributed by atoms with Gasteiger partial charge in [-0.05, 0) is 25.0 Å². The summed E-state index contributed by atoms with van der Waals surface area (Å²) < 4.78 is 26.4. The number of nitrogens with zero attached hydrogens (tertiary/aromatic N) is 2. The van der Waals surface area contributed by atoms with Crippen LogP contribution in [-0.2, 0) is 0 Å². The van der Waals surface area contributed by atoms with E-state index in [0.717, 1.165) is 25.2 Å². The molecule has 1 heterocycles. The van der Waals surface area contributed by atoms with E-state index < -0.39 is 11.6 Å². The first kappa shape index (κ1) is 15.7. The molecule has 0 radical (unpaired) electrons. The predicted octanol–water partition coefficient (Wildman–Crippen LogP) is 3.32. The van der Waals surface area contributed by atoms with Gasteiger partial charge in [0.2, 0.25) is 0 Å². The number of benzene rings is 1. The Bertz CT molecular complexity index is 568. The molecule has 0 spiro atoms. The Morgan fingerprint density at radius 3 is 2.27 bits per heavy atom. The fourth-order valence-corrected chi connectivity index (χ4v) is 3.65. The number of hydrogen-bond acceptors (Lipinski definition) is 2. The number of carbonyl (C=O) groups excluding carboxylic acids is 1. The van der Waals surface area contributed by atoms with E-state index in [1.54, 1.807) is 4.90 Å². The molecule has 0 N–H and O–H groups in total. The van der Waals surface area contributed by atoms with Crippen molar-refractivity contribution >= 4 is 17.5 Å². The van der Waals surface area contributed by atoms with Crippen molar-refractivity contribution in [3.05, 3.63) is 34.4 Å². The average Bonchev–Trinajstić information content (AvgIpc) is 3.05. The lowest BCUT2D eigenvalue weighted by Crippen LogP contribution is -2.51. The molecule has 1 saturated heterocycles. The molecular weight excluding hydrogens is 310 g/mol. The van der Waals surface area contributed by atoms with Crippen LogP contribution in [0, 0.1) is 11.6 Å². The van der Waals surface area contributed by atoms with E-state index in [1.165, 1.54) is 25.7 Å². The summed E-state index contributed by atoms with van der Waals surface area (Å²) in [6, 6.07) is 2.39. The van der Waals surface area contributed by atoms with Gasteiger partial charge < -0.3 is 4.90 Å². The zero-order chi connectivity index (χ0) is 15.7. The number of piperazine rings is 1. The van der Waals surface area contributed by atoms with Crippen LogP contribution in [0.25, 0.3) is 0 Å². The Hall–Kier alpha value is -1.20. The number of carbonyl (C=O) groups is 1. The van der Waals surface area contributed by atoms with Gasteiger partial charge in [0.05, 0.1) is 10.6 Å². The molecule has 0 bridgehead atoms. The minimum absolute atomic E-state index is 0.0369. The van der Waals surface area contributed by atoms with Crippen molar-refractivity contribution in [2.45, 2.75) is 31.7 Å². The molecule has 1 aromatic carbocycles. The molecule has 1 aliphatic carbocycles. The minimum atomic E-state index is -1.04. The van der Waals surface area contributed by atoms with Crippen LogP contribution in [0.5, 0.6) is 0 Å². The van der Waals surface area contributed by atoms with Crippen LogP contribution in [0.2, 0.25) is 5.02 Å². The van der Waals surface area contributed by atoms with Crippen LogP contribution >= 0.6 is 11.6 Å². The minimum Gasteiger partial charge on any atom is -0.336 e. The van der Waals surface area contributed by atoms with Gasteiger partial charge in [0, 0.05) is 32.2 Å². The van der Waals surface area contributed by atoms with Gasteiger partial charge in [0.15, 0.2) is 11.6 Å². The zero-order valence-corrected chi connectivity index (χ0v) is 13.1. The highest BCUT2D eigenvalue weighted by molar-refractivity contribution is 6.33. The maximum atomic E-state index is 13.3. The monoisotopic (exact) mass is 328 g/mol. The molecule has 2 aliphatic rings. The van der Waals surface area contributed by atoms with Gasteiger partial charge in [-0.2, -0.15) is 0 Å². The smallest absolute Gasteiger partial charge is 0.255 e. The molecule has 120 valence electrons. The molecule has 22 heavy (non-hydrogen) atoms. The van der Waals surface area contributed by atoms with Gasteiger partial charge in [-0.15, -0.1) is 0 Å². The van der Waals surface area contributed by atoms with Crippen molar-refractivity contribution in [3.8, 4) is 0 Å². The number of halogens is 3. The Morgan fingerprint density at radius 2 is 1.64 bits per heavy atom. The van der Waals surface area contributed by atoms with Crippen molar-refractivity contribution in [3.63, 3.8) is 0 Å². The topological polar surface area (TPSA) is 23.6 Å². The summed E-state index contributed by atoms with van der Waals surface area (Å²) in [5.74, 6) is -2.40. The molecule has 1 aromatic rings. The third-order valence-corrected chi connectivity index (χ3v) is 5.00. The van der Waals surface area contributed by atoms with Crippen LogP contribution in [0.4, 0.5) is 8.78 Å². The first-order valence-corrected chi connectivity index (χ1v) is 8.12. The van der Waals surface area contributed by atoms with Gasteiger partial charge in [0.1, 0.15) is 0 Å². The number of hydrogen-bond donors (Lipinski definition) is 0. The molecule has 0 unspecified atom stereocenters. The Morgan fingerprint density at radius 1 is 1.05 bits per heavy atom. The second-order valence-corrected chi connectivity index (χ2v) is 6.42. The molecule has 6 heteroatoms. The highest BCUT2D eigenvalue weighted by Crippen LogP contribution is 2.26. The summed E-state index contributed by atoms with van der Waals surface area (Å²) in [6.07, 6.45) is 5.05. The fraction of sp³-hybridized carbons (Fsp3) is 0.562. The van der Waals surface area contributed by atoms with Crippen molar-refractivity contribution in [1.29, 1.82) is 0 Å². The highest BCUT2D eigenvalue weighted by atomic mass is 35.5.